The molecule has 1 heterocycles. The van der Waals surface area contributed by atoms with Gasteiger partial charge in [0.1, 0.15) is 4.90 Å². The molecule has 1 atom stereocenters. The number of hydrogen-bond donors (Lipinski definition) is 1. The summed E-state index contributed by atoms with van der Waals surface area (Å²) in [6, 6.07) is 11.7. The minimum atomic E-state index is -3.83. The minimum absolute atomic E-state index is 0.0103. The van der Waals surface area contributed by atoms with E-state index in [1.165, 1.54) is 29.4 Å². The Labute approximate surface area is 198 Å². The summed E-state index contributed by atoms with van der Waals surface area (Å²) in [5, 5.41) is 2.99. The van der Waals surface area contributed by atoms with Crippen LogP contribution in [0.1, 0.15) is 30.5 Å². The zero-order valence-corrected chi connectivity index (χ0v) is 20.2. The average Bonchev–Trinajstić information content (AvgIpc) is 2.75. The van der Waals surface area contributed by atoms with Gasteiger partial charge in [-0.1, -0.05) is 59.1 Å². The van der Waals surface area contributed by atoms with Crippen molar-refractivity contribution < 1.29 is 18.0 Å². The van der Waals surface area contributed by atoms with Gasteiger partial charge in [0.05, 0.1) is 22.5 Å². The molecule has 0 saturated carbocycles. The van der Waals surface area contributed by atoms with E-state index >= 15 is 0 Å². The molecule has 32 heavy (non-hydrogen) atoms. The molecule has 2 aromatic carbocycles. The summed E-state index contributed by atoms with van der Waals surface area (Å²) < 4.78 is 27.3. The number of aryl methyl sites for hydroxylation is 1. The monoisotopic (exact) mass is 497 g/mol. The second-order valence-electron chi connectivity index (χ2n) is 7.70. The van der Waals surface area contributed by atoms with E-state index in [1.807, 2.05) is 31.2 Å². The lowest BCUT2D eigenvalue weighted by molar-refractivity contribution is -0.133. The third-order valence-corrected chi connectivity index (χ3v) is 8.23. The second-order valence-corrected chi connectivity index (χ2v) is 10.4. The van der Waals surface area contributed by atoms with Crippen molar-refractivity contribution in [3.8, 4) is 0 Å². The van der Waals surface area contributed by atoms with Gasteiger partial charge in [0, 0.05) is 33.1 Å². The van der Waals surface area contributed by atoms with E-state index in [0.29, 0.717) is 0 Å². The van der Waals surface area contributed by atoms with Crippen LogP contribution in [0.4, 0.5) is 0 Å². The highest BCUT2D eigenvalue weighted by Crippen LogP contribution is 2.31. The average molecular weight is 498 g/mol. The normalized spacial score (nSPS) is 15.9. The van der Waals surface area contributed by atoms with Gasteiger partial charge in [-0.15, -0.1) is 0 Å². The first-order chi connectivity index (χ1) is 15.1. The Balaban J connectivity index is 1.67. The molecular formula is C22H25Cl2N3O4S. The van der Waals surface area contributed by atoms with Gasteiger partial charge in [-0.2, -0.15) is 4.31 Å². The maximum atomic E-state index is 13.0. The Hall–Kier alpha value is -2.13. The van der Waals surface area contributed by atoms with Crippen molar-refractivity contribution in [2.75, 3.05) is 26.2 Å². The Morgan fingerprint density at radius 1 is 1.03 bits per heavy atom. The molecule has 0 radical (unpaired) electrons. The standard InChI is InChI=1S/C22H25Cl2N3O4S/c1-15-6-8-17(9-7-15)19(25-16(2)28)14-21(29)26-10-12-27(13-11-26)32(30,31)20-5-3-4-18(23)22(20)24/h3-9,19H,10-14H2,1-2H3,(H,25,28). The molecule has 2 aromatic rings. The fraction of sp³-hybridized carbons (Fsp3) is 0.364. The third-order valence-electron chi connectivity index (χ3n) is 5.36. The van der Waals surface area contributed by atoms with Crippen LogP contribution in [0.25, 0.3) is 0 Å². The number of sulfonamides is 1. The Kier molecular flexibility index (Phi) is 7.82. The maximum absolute atomic E-state index is 13.0. The number of nitrogens with one attached hydrogen (secondary N) is 1. The summed E-state index contributed by atoms with van der Waals surface area (Å²) in [6.45, 7) is 4.16. The van der Waals surface area contributed by atoms with Crippen molar-refractivity contribution in [3.63, 3.8) is 0 Å². The zero-order chi connectivity index (χ0) is 23.5. The first-order valence-corrected chi connectivity index (χ1v) is 12.3. The number of benzene rings is 2. The van der Waals surface area contributed by atoms with Crippen LogP contribution in [0.2, 0.25) is 10.0 Å². The van der Waals surface area contributed by atoms with Crippen LogP contribution in [-0.4, -0.2) is 55.6 Å². The number of rotatable bonds is 6. The highest BCUT2D eigenvalue weighted by molar-refractivity contribution is 7.89. The topological polar surface area (TPSA) is 86.8 Å². The van der Waals surface area contributed by atoms with Crippen molar-refractivity contribution in [1.82, 2.24) is 14.5 Å². The molecule has 2 amide bonds. The lowest BCUT2D eigenvalue weighted by Crippen LogP contribution is -2.51. The fourth-order valence-corrected chi connectivity index (χ4v) is 5.76. The third kappa shape index (κ3) is 5.61. The molecule has 0 aliphatic carbocycles. The molecule has 0 aromatic heterocycles. The molecule has 1 aliphatic heterocycles. The number of carbonyl (C=O) groups is 2. The predicted octanol–water partition coefficient (Wildman–Crippen LogP) is 3.40. The molecule has 1 N–H and O–H groups in total. The SMILES string of the molecule is CC(=O)NC(CC(=O)N1CCN(S(=O)(=O)c2cccc(Cl)c2Cl)CC1)c1ccc(C)cc1. The molecule has 0 spiro atoms. The van der Waals surface area contributed by atoms with Crippen molar-refractivity contribution in [2.45, 2.75) is 31.2 Å². The maximum Gasteiger partial charge on any atom is 0.244 e. The van der Waals surface area contributed by atoms with E-state index in [2.05, 4.69) is 5.32 Å². The smallest absolute Gasteiger partial charge is 0.244 e. The lowest BCUT2D eigenvalue weighted by atomic mass is 10.0. The number of piperazine rings is 1. The van der Waals surface area contributed by atoms with Crippen LogP contribution in [0.3, 0.4) is 0 Å². The van der Waals surface area contributed by atoms with E-state index in [1.54, 1.807) is 4.90 Å². The van der Waals surface area contributed by atoms with Gasteiger partial charge in [-0.25, -0.2) is 8.42 Å². The predicted molar refractivity (Wildman–Crippen MR) is 124 cm³/mol. The van der Waals surface area contributed by atoms with Crippen LogP contribution in [0.15, 0.2) is 47.4 Å². The van der Waals surface area contributed by atoms with Gasteiger partial charge in [-0.05, 0) is 24.6 Å². The van der Waals surface area contributed by atoms with Crippen LogP contribution in [0, 0.1) is 6.92 Å². The van der Waals surface area contributed by atoms with Crippen molar-refractivity contribution in [2.24, 2.45) is 0 Å². The Morgan fingerprint density at radius 3 is 2.25 bits per heavy atom. The summed E-state index contributed by atoms with van der Waals surface area (Å²) >= 11 is 12.1. The van der Waals surface area contributed by atoms with Crippen molar-refractivity contribution >= 4 is 45.0 Å². The van der Waals surface area contributed by atoms with E-state index in [0.717, 1.165) is 11.1 Å². The lowest BCUT2D eigenvalue weighted by Gasteiger charge is -2.35. The number of amides is 2. The molecule has 1 fully saturated rings. The quantitative estimate of drug-likeness (QED) is 0.662. The van der Waals surface area contributed by atoms with E-state index in [4.69, 9.17) is 23.2 Å². The molecular weight excluding hydrogens is 473 g/mol. The second kappa shape index (κ2) is 10.2. The Morgan fingerprint density at radius 2 is 1.66 bits per heavy atom. The molecule has 1 unspecified atom stereocenters. The van der Waals surface area contributed by atoms with Gasteiger partial charge in [-0.3, -0.25) is 9.59 Å². The molecule has 7 nitrogen and oxygen atoms in total. The van der Waals surface area contributed by atoms with Gasteiger partial charge < -0.3 is 10.2 Å². The van der Waals surface area contributed by atoms with E-state index in [9.17, 15) is 18.0 Å². The van der Waals surface area contributed by atoms with Gasteiger partial charge in [0.25, 0.3) is 0 Å². The summed E-state index contributed by atoms with van der Waals surface area (Å²) in [4.78, 5) is 26.2. The number of halogens is 2. The van der Waals surface area contributed by atoms with Gasteiger partial charge >= 0.3 is 0 Å². The Bertz CT molecular complexity index is 1100. The molecule has 1 aliphatic rings. The highest BCUT2D eigenvalue weighted by Gasteiger charge is 2.32. The largest absolute Gasteiger partial charge is 0.349 e. The van der Waals surface area contributed by atoms with Crippen LogP contribution in [-0.2, 0) is 19.6 Å². The van der Waals surface area contributed by atoms with Crippen molar-refractivity contribution in [1.29, 1.82) is 0 Å². The van der Waals surface area contributed by atoms with E-state index < -0.39 is 16.1 Å². The van der Waals surface area contributed by atoms with Crippen molar-refractivity contribution in [3.05, 3.63) is 63.6 Å². The van der Waals surface area contributed by atoms with Crippen LogP contribution in [0.5, 0.6) is 0 Å². The molecule has 10 heteroatoms. The summed E-state index contributed by atoms with van der Waals surface area (Å²) in [7, 11) is -3.83. The minimum Gasteiger partial charge on any atom is -0.349 e. The first-order valence-electron chi connectivity index (χ1n) is 10.1. The van der Waals surface area contributed by atoms with Crippen LogP contribution < -0.4 is 5.32 Å². The fourth-order valence-electron chi connectivity index (χ4n) is 3.60. The number of hydrogen-bond acceptors (Lipinski definition) is 4. The molecule has 0 bridgehead atoms. The van der Waals surface area contributed by atoms with Gasteiger partial charge in [0.15, 0.2) is 0 Å². The number of carbonyl (C=O) groups excluding carboxylic acids is 2. The molecule has 3 rings (SSSR count). The summed E-state index contributed by atoms with van der Waals surface area (Å²) in [5.74, 6) is -0.375. The van der Waals surface area contributed by atoms with E-state index in [-0.39, 0.29) is 59.4 Å². The molecule has 1 saturated heterocycles. The van der Waals surface area contributed by atoms with Crippen LogP contribution >= 0.6 is 23.2 Å². The summed E-state index contributed by atoms with van der Waals surface area (Å²) in [6.07, 6.45) is 0.0928. The number of nitrogens with zero attached hydrogens (tertiary/aromatic N) is 2. The van der Waals surface area contributed by atoms with Gasteiger partial charge in [0.2, 0.25) is 21.8 Å². The highest BCUT2D eigenvalue weighted by atomic mass is 35.5. The first kappa shape index (κ1) is 24.5. The molecule has 172 valence electrons. The summed E-state index contributed by atoms with van der Waals surface area (Å²) in [5.41, 5.74) is 1.93. The zero-order valence-electron chi connectivity index (χ0n) is 17.8.